The number of hydrogen-bond donors (Lipinski definition) is 3. The van der Waals surface area contributed by atoms with Crippen molar-refractivity contribution in [1.82, 2.24) is 5.32 Å². The second-order valence-electron chi connectivity index (χ2n) is 9.07. The SMILES string of the molecule is COC(=O)C(CCC(=O)CC1CC(c2ccc(C(=N)N)cc2)=NO1)NC(=O)C1=Nc2ccccc2C1C. The Morgan fingerprint density at radius 3 is 2.59 bits per heavy atom. The van der Waals surface area contributed by atoms with Crippen molar-refractivity contribution in [3.63, 3.8) is 0 Å². The van der Waals surface area contributed by atoms with Crippen molar-refractivity contribution < 1.29 is 24.0 Å². The highest BCUT2D eigenvalue weighted by molar-refractivity contribution is 6.42. The summed E-state index contributed by atoms with van der Waals surface area (Å²) in [6, 6.07) is 13.6. The Labute approximate surface area is 214 Å². The number of nitrogen functional groups attached to an aromatic ring is 1. The molecule has 0 radical (unpaired) electrons. The predicted molar refractivity (Wildman–Crippen MR) is 138 cm³/mol. The first kappa shape index (κ1) is 25.7. The zero-order valence-corrected chi connectivity index (χ0v) is 20.7. The van der Waals surface area contributed by atoms with E-state index >= 15 is 0 Å². The number of nitrogens with zero attached hydrogens (tertiary/aromatic N) is 2. The molecule has 1 amide bonds. The molecule has 2 aromatic rings. The highest BCUT2D eigenvalue weighted by Gasteiger charge is 2.32. The van der Waals surface area contributed by atoms with Crippen molar-refractivity contribution >= 4 is 40.6 Å². The summed E-state index contributed by atoms with van der Waals surface area (Å²) < 4.78 is 4.85. The van der Waals surface area contributed by atoms with E-state index in [1.165, 1.54) is 7.11 Å². The Kier molecular flexibility index (Phi) is 7.76. The maximum Gasteiger partial charge on any atom is 0.328 e. The Morgan fingerprint density at radius 2 is 1.92 bits per heavy atom. The van der Waals surface area contributed by atoms with Gasteiger partial charge in [0, 0.05) is 30.7 Å². The quantitative estimate of drug-likeness (QED) is 0.257. The molecule has 3 atom stereocenters. The number of Topliss-reactive ketones (excluding diaryl/α,β-unsaturated/α-hetero) is 1. The number of hydrogen-bond acceptors (Lipinski definition) is 8. The van der Waals surface area contributed by atoms with Gasteiger partial charge >= 0.3 is 5.97 Å². The summed E-state index contributed by atoms with van der Waals surface area (Å²) in [4.78, 5) is 47.8. The van der Waals surface area contributed by atoms with Gasteiger partial charge < -0.3 is 20.6 Å². The normalized spacial score (nSPS) is 18.6. The van der Waals surface area contributed by atoms with Crippen LogP contribution in [0.15, 0.2) is 58.7 Å². The van der Waals surface area contributed by atoms with Gasteiger partial charge in [0.15, 0.2) is 0 Å². The molecule has 0 saturated carbocycles. The number of carbonyl (C=O) groups is 3. The number of aliphatic imine (C=N–C) groups is 1. The smallest absolute Gasteiger partial charge is 0.328 e. The monoisotopic (exact) mass is 503 g/mol. The number of fused-ring (bicyclic) bond motifs is 1. The molecular formula is C27H29N5O5. The van der Waals surface area contributed by atoms with E-state index in [4.69, 9.17) is 20.7 Å². The molecular weight excluding hydrogens is 474 g/mol. The summed E-state index contributed by atoms with van der Waals surface area (Å²) >= 11 is 0. The summed E-state index contributed by atoms with van der Waals surface area (Å²) in [6.07, 6.45) is 0.331. The molecule has 4 rings (SSSR count). The first-order chi connectivity index (χ1) is 17.8. The minimum absolute atomic E-state index is 0.0167. The van der Waals surface area contributed by atoms with E-state index in [-0.39, 0.29) is 36.8 Å². The third-order valence-corrected chi connectivity index (χ3v) is 6.51. The van der Waals surface area contributed by atoms with Gasteiger partial charge in [0.1, 0.15) is 29.5 Å². The number of carbonyl (C=O) groups excluding carboxylic acids is 3. The highest BCUT2D eigenvalue weighted by Crippen LogP contribution is 2.34. The van der Waals surface area contributed by atoms with E-state index in [0.29, 0.717) is 23.4 Å². The third-order valence-electron chi connectivity index (χ3n) is 6.51. The van der Waals surface area contributed by atoms with Crippen molar-refractivity contribution in [3.05, 3.63) is 65.2 Å². The van der Waals surface area contributed by atoms with Crippen LogP contribution in [0.3, 0.4) is 0 Å². The maximum atomic E-state index is 12.9. The summed E-state index contributed by atoms with van der Waals surface area (Å²) in [6.45, 7) is 1.89. The van der Waals surface area contributed by atoms with Gasteiger partial charge in [0.25, 0.3) is 5.91 Å². The van der Waals surface area contributed by atoms with E-state index in [0.717, 1.165) is 16.8 Å². The lowest BCUT2D eigenvalue weighted by Crippen LogP contribution is -2.45. The molecule has 2 aliphatic rings. The highest BCUT2D eigenvalue weighted by atomic mass is 16.6. The van der Waals surface area contributed by atoms with Crippen molar-refractivity contribution in [1.29, 1.82) is 5.41 Å². The Bertz CT molecular complexity index is 1280. The summed E-state index contributed by atoms with van der Waals surface area (Å²) in [5.74, 6) is -1.42. The second kappa shape index (κ2) is 11.2. The van der Waals surface area contributed by atoms with Crippen LogP contribution in [0.25, 0.3) is 0 Å². The van der Waals surface area contributed by atoms with Crippen LogP contribution in [0.2, 0.25) is 0 Å². The van der Waals surface area contributed by atoms with Gasteiger partial charge in [0.05, 0.1) is 18.5 Å². The molecule has 10 nitrogen and oxygen atoms in total. The zero-order chi connectivity index (χ0) is 26.5. The summed E-state index contributed by atoms with van der Waals surface area (Å²) in [5.41, 5.74) is 9.65. The molecule has 0 fully saturated rings. The number of para-hydroxylation sites is 1. The molecule has 2 aliphatic heterocycles. The first-order valence-corrected chi connectivity index (χ1v) is 12.0. The molecule has 0 bridgehead atoms. The molecule has 0 aromatic heterocycles. The minimum atomic E-state index is -0.976. The summed E-state index contributed by atoms with van der Waals surface area (Å²) in [5, 5.41) is 14.3. The third kappa shape index (κ3) is 5.91. The standard InChI is InChI=1S/C27H29N5O5/c1-15-20-5-3-4-6-21(20)30-24(15)26(34)31-22(27(35)36-2)12-11-18(33)13-19-14-23(32-37-19)16-7-9-17(10-8-16)25(28)29/h3-10,15,19,22H,11-14H2,1-2H3,(H3,28,29)(H,31,34). The van der Waals surface area contributed by atoms with Gasteiger partial charge in [-0.25, -0.2) is 9.79 Å². The second-order valence-corrected chi connectivity index (χ2v) is 9.07. The number of rotatable bonds is 10. The predicted octanol–water partition coefficient (Wildman–Crippen LogP) is 2.75. The number of esters is 1. The Morgan fingerprint density at radius 1 is 1.19 bits per heavy atom. The molecule has 4 N–H and O–H groups in total. The van der Waals surface area contributed by atoms with Gasteiger partial charge in [-0.2, -0.15) is 0 Å². The minimum Gasteiger partial charge on any atom is -0.467 e. The molecule has 192 valence electrons. The average molecular weight is 504 g/mol. The number of amidine groups is 1. The van der Waals surface area contributed by atoms with Crippen LogP contribution in [0, 0.1) is 5.41 Å². The number of benzene rings is 2. The number of ketones is 1. The van der Waals surface area contributed by atoms with E-state index in [2.05, 4.69) is 15.5 Å². The zero-order valence-electron chi connectivity index (χ0n) is 20.7. The Balaban J connectivity index is 1.29. The summed E-state index contributed by atoms with van der Waals surface area (Å²) in [7, 11) is 1.24. The number of ether oxygens (including phenoxy) is 1. The van der Waals surface area contributed by atoms with Gasteiger partial charge in [-0.3, -0.25) is 15.0 Å². The molecule has 0 aliphatic carbocycles. The van der Waals surface area contributed by atoms with Crippen LogP contribution in [0.5, 0.6) is 0 Å². The molecule has 37 heavy (non-hydrogen) atoms. The lowest BCUT2D eigenvalue weighted by Gasteiger charge is -2.17. The van der Waals surface area contributed by atoms with E-state index in [1.807, 2.05) is 31.2 Å². The molecule has 2 aromatic carbocycles. The maximum absolute atomic E-state index is 12.9. The van der Waals surface area contributed by atoms with Crippen molar-refractivity contribution in [3.8, 4) is 0 Å². The largest absolute Gasteiger partial charge is 0.467 e. The molecule has 3 unspecified atom stereocenters. The fraction of sp³-hybridized carbons (Fsp3) is 0.333. The van der Waals surface area contributed by atoms with Gasteiger partial charge in [-0.05, 0) is 23.6 Å². The lowest BCUT2D eigenvalue weighted by molar-refractivity contribution is -0.144. The molecule has 0 spiro atoms. The number of nitrogens with one attached hydrogen (secondary N) is 2. The van der Waals surface area contributed by atoms with Crippen LogP contribution < -0.4 is 11.1 Å². The lowest BCUT2D eigenvalue weighted by atomic mass is 9.97. The van der Waals surface area contributed by atoms with Crippen molar-refractivity contribution in [2.24, 2.45) is 15.9 Å². The van der Waals surface area contributed by atoms with Crippen molar-refractivity contribution in [2.45, 2.75) is 50.7 Å². The van der Waals surface area contributed by atoms with Crippen LogP contribution >= 0.6 is 0 Å². The number of amides is 1. The van der Waals surface area contributed by atoms with E-state index in [1.54, 1.807) is 24.3 Å². The fourth-order valence-corrected chi connectivity index (χ4v) is 4.41. The van der Waals surface area contributed by atoms with Crippen molar-refractivity contribution in [2.75, 3.05) is 7.11 Å². The molecule has 2 heterocycles. The van der Waals surface area contributed by atoms with Crippen LogP contribution in [-0.4, -0.2) is 54.2 Å². The number of methoxy groups -OCH3 is 1. The number of nitrogens with two attached hydrogens (primary N) is 1. The van der Waals surface area contributed by atoms with Crippen LogP contribution in [0.4, 0.5) is 5.69 Å². The molecule has 0 saturated heterocycles. The Hall–Kier alpha value is -4.34. The van der Waals surface area contributed by atoms with E-state index in [9.17, 15) is 14.4 Å². The average Bonchev–Trinajstić information content (AvgIpc) is 3.50. The van der Waals surface area contributed by atoms with Gasteiger partial charge in [-0.15, -0.1) is 0 Å². The topological polar surface area (TPSA) is 156 Å². The molecule has 10 heteroatoms. The number of oxime groups is 1. The van der Waals surface area contributed by atoms with Crippen LogP contribution in [0.1, 0.15) is 55.2 Å². The fourth-order valence-electron chi connectivity index (χ4n) is 4.41. The van der Waals surface area contributed by atoms with Gasteiger partial charge in [-0.1, -0.05) is 54.5 Å². The first-order valence-electron chi connectivity index (χ1n) is 12.0. The van der Waals surface area contributed by atoms with E-state index < -0.39 is 24.0 Å². The van der Waals surface area contributed by atoms with Crippen LogP contribution in [-0.2, 0) is 24.0 Å². The van der Waals surface area contributed by atoms with Gasteiger partial charge in [0.2, 0.25) is 0 Å².